The summed E-state index contributed by atoms with van der Waals surface area (Å²) in [6.45, 7) is 1.21. The Labute approximate surface area is 89.8 Å². The van der Waals surface area contributed by atoms with Gasteiger partial charge < -0.3 is 14.8 Å². The van der Waals surface area contributed by atoms with Gasteiger partial charge in [0.05, 0.1) is 17.0 Å². The molecule has 6 heteroatoms. The van der Waals surface area contributed by atoms with E-state index < -0.39 is 6.09 Å². The average molecular weight is 234 g/mol. The molecule has 14 heavy (non-hydrogen) atoms. The second kappa shape index (κ2) is 4.16. The van der Waals surface area contributed by atoms with Crippen LogP contribution in [0.3, 0.4) is 0 Å². The normalized spacial score (nSPS) is 19.1. The van der Waals surface area contributed by atoms with Crippen LogP contribution >= 0.6 is 22.9 Å². The number of thiophene rings is 1. The van der Waals surface area contributed by atoms with E-state index in [-0.39, 0.29) is 6.10 Å². The molecule has 2 rings (SSSR count). The second-order valence-corrected chi connectivity index (χ2v) is 4.46. The van der Waals surface area contributed by atoms with Crippen molar-refractivity contribution in [3.8, 4) is 5.06 Å². The summed E-state index contributed by atoms with van der Waals surface area (Å²) < 4.78 is 10.5. The standard InChI is InChI=1S/C8H8ClNO3S/c9-6-1-2-7(14-6)13-8(11)10-3-5-4-12-5/h1-2,5H,3-4H2,(H,10,11)/t5-/m0/s1. The predicted molar refractivity (Wildman–Crippen MR) is 53.1 cm³/mol. The van der Waals surface area contributed by atoms with Gasteiger partial charge in [0.15, 0.2) is 5.06 Å². The molecule has 0 radical (unpaired) electrons. The van der Waals surface area contributed by atoms with Crippen LogP contribution in [0.15, 0.2) is 12.1 Å². The molecule has 1 amide bonds. The van der Waals surface area contributed by atoms with Gasteiger partial charge in [-0.15, -0.1) is 0 Å². The average Bonchev–Trinajstić information content (AvgIpc) is 2.88. The van der Waals surface area contributed by atoms with Crippen molar-refractivity contribution in [1.82, 2.24) is 5.32 Å². The number of carbonyl (C=O) groups is 1. The summed E-state index contributed by atoms with van der Waals surface area (Å²) in [5, 5.41) is 3.07. The molecule has 0 spiro atoms. The van der Waals surface area contributed by atoms with Crippen molar-refractivity contribution in [3.63, 3.8) is 0 Å². The van der Waals surface area contributed by atoms with E-state index >= 15 is 0 Å². The van der Waals surface area contributed by atoms with Gasteiger partial charge in [0.1, 0.15) is 0 Å². The van der Waals surface area contributed by atoms with E-state index in [0.717, 1.165) is 0 Å². The van der Waals surface area contributed by atoms with Crippen LogP contribution in [0, 0.1) is 0 Å². The lowest BCUT2D eigenvalue weighted by atomic mass is 10.5. The zero-order valence-corrected chi connectivity index (χ0v) is 8.73. The van der Waals surface area contributed by atoms with Crippen molar-refractivity contribution in [1.29, 1.82) is 0 Å². The van der Waals surface area contributed by atoms with E-state index in [9.17, 15) is 4.79 Å². The van der Waals surface area contributed by atoms with Crippen LogP contribution in [-0.2, 0) is 4.74 Å². The monoisotopic (exact) mass is 233 g/mol. The molecule has 1 aliphatic rings. The lowest BCUT2D eigenvalue weighted by Gasteiger charge is -2.01. The Hall–Kier alpha value is -0.780. The topological polar surface area (TPSA) is 50.9 Å². The summed E-state index contributed by atoms with van der Waals surface area (Å²) in [6, 6.07) is 3.33. The molecule has 1 N–H and O–H groups in total. The van der Waals surface area contributed by atoms with Crippen LogP contribution < -0.4 is 10.1 Å². The van der Waals surface area contributed by atoms with Gasteiger partial charge in [-0.05, 0) is 12.1 Å². The van der Waals surface area contributed by atoms with Crippen molar-refractivity contribution in [2.75, 3.05) is 13.2 Å². The molecule has 1 fully saturated rings. The first kappa shape index (κ1) is 9.76. The van der Waals surface area contributed by atoms with Gasteiger partial charge in [-0.2, -0.15) is 0 Å². The van der Waals surface area contributed by atoms with E-state index in [2.05, 4.69) is 5.32 Å². The highest BCUT2D eigenvalue weighted by Gasteiger charge is 2.23. The fraction of sp³-hybridized carbons (Fsp3) is 0.375. The van der Waals surface area contributed by atoms with Crippen LogP contribution in [0.4, 0.5) is 4.79 Å². The Bertz CT molecular complexity index is 337. The summed E-state index contributed by atoms with van der Waals surface area (Å²) >= 11 is 6.89. The van der Waals surface area contributed by atoms with Gasteiger partial charge in [-0.3, -0.25) is 0 Å². The zero-order valence-electron chi connectivity index (χ0n) is 7.16. The Morgan fingerprint density at radius 2 is 2.57 bits per heavy atom. The molecule has 1 aromatic rings. The molecule has 1 aliphatic heterocycles. The maximum absolute atomic E-state index is 11.1. The minimum atomic E-state index is -0.473. The minimum absolute atomic E-state index is 0.162. The Kier molecular flexibility index (Phi) is 2.90. The van der Waals surface area contributed by atoms with Crippen LogP contribution in [0.5, 0.6) is 5.06 Å². The molecule has 4 nitrogen and oxygen atoms in total. The maximum Gasteiger partial charge on any atom is 0.413 e. The van der Waals surface area contributed by atoms with Gasteiger partial charge in [0.2, 0.25) is 0 Å². The summed E-state index contributed by atoms with van der Waals surface area (Å²) in [6.07, 6.45) is -0.312. The SMILES string of the molecule is O=C(NC[C@H]1CO1)Oc1ccc(Cl)s1. The summed E-state index contributed by atoms with van der Waals surface area (Å²) in [5.41, 5.74) is 0. The Morgan fingerprint density at radius 3 is 3.14 bits per heavy atom. The first-order chi connectivity index (χ1) is 6.74. The summed E-state index contributed by atoms with van der Waals surface area (Å²) in [7, 11) is 0. The fourth-order valence-electron chi connectivity index (χ4n) is 0.863. The van der Waals surface area contributed by atoms with Crippen molar-refractivity contribution in [3.05, 3.63) is 16.5 Å². The van der Waals surface area contributed by atoms with Crippen molar-refractivity contribution < 1.29 is 14.3 Å². The number of halogens is 1. The second-order valence-electron chi connectivity index (χ2n) is 2.78. The number of hydrogen-bond acceptors (Lipinski definition) is 4. The molecular weight excluding hydrogens is 226 g/mol. The van der Waals surface area contributed by atoms with Crippen LogP contribution in [-0.4, -0.2) is 25.3 Å². The Balaban J connectivity index is 1.75. The first-order valence-corrected chi connectivity index (χ1v) is 5.26. The molecular formula is C8H8ClNO3S. The number of hydrogen-bond donors (Lipinski definition) is 1. The largest absolute Gasteiger partial charge is 0.413 e. The number of carbonyl (C=O) groups excluding carboxylic acids is 1. The third-order valence-corrected chi connectivity index (χ3v) is 2.73. The molecule has 0 aromatic carbocycles. The predicted octanol–water partition coefficient (Wildman–Crippen LogP) is 1.89. The number of amides is 1. The minimum Gasteiger partial charge on any atom is -0.399 e. The fourth-order valence-corrected chi connectivity index (χ4v) is 1.74. The number of ether oxygens (including phenoxy) is 2. The molecule has 1 atom stereocenters. The number of nitrogens with one attached hydrogen (secondary N) is 1. The van der Waals surface area contributed by atoms with E-state index in [1.54, 1.807) is 12.1 Å². The van der Waals surface area contributed by atoms with E-state index in [1.165, 1.54) is 11.3 Å². The number of epoxide rings is 1. The van der Waals surface area contributed by atoms with Crippen LogP contribution in [0.1, 0.15) is 0 Å². The van der Waals surface area contributed by atoms with E-state index in [4.69, 9.17) is 21.1 Å². The van der Waals surface area contributed by atoms with Gasteiger partial charge >= 0.3 is 6.09 Å². The van der Waals surface area contributed by atoms with Crippen molar-refractivity contribution >= 4 is 29.0 Å². The molecule has 0 bridgehead atoms. The van der Waals surface area contributed by atoms with Crippen LogP contribution in [0.25, 0.3) is 0 Å². The molecule has 1 saturated heterocycles. The highest BCUT2D eigenvalue weighted by Crippen LogP contribution is 2.28. The summed E-state index contributed by atoms with van der Waals surface area (Å²) in [4.78, 5) is 11.1. The highest BCUT2D eigenvalue weighted by molar-refractivity contribution is 7.17. The van der Waals surface area contributed by atoms with Gasteiger partial charge in [0.25, 0.3) is 0 Å². The quantitative estimate of drug-likeness (QED) is 0.812. The lowest BCUT2D eigenvalue weighted by Crippen LogP contribution is -2.29. The molecule has 0 aliphatic carbocycles. The third-order valence-electron chi connectivity index (χ3n) is 1.62. The first-order valence-electron chi connectivity index (χ1n) is 4.06. The molecule has 76 valence electrons. The molecule has 2 heterocycles. The zero-order chi connectivity index (χ0) is 9.97. The van der Waals surface area contributed by atoms with Gasteiger partial charge in [0, 0.05) is 6.54 Å². The van der Waals surface area contributed by atoms with Crippen LogP contribution in [0.2, 0.25) is 4.34 Å². The van der Waals surface area contributed by atoms with E-state index in [0.29, 0.717) is 22.6 Å². The Morgan fingerprint density at radius 1 is 1.79 bits per heavy atom. The lowest BCUT2D eigenvalue weighted by molar-refractivity contribution is 0.200. The smallest absolute Gasteiger partial charge is 0.399 e. The number of rotatable bonds is 3. The highest BCUT2D eigenvalue weighted by atomic mass is 35.5. The van der Waals surface area contributed by atoms with Gasteiger partial charge in [-0.1, -0.05) is 22.9 Å². The van der Waals surface area contributed by atoms with E-state index in [1.807, 2.05) is 0 Å². The molecule has 1 aromatic heterocycles. The molecule has 0 unspecified atom stereocenters. The molecule has 0 saturated carbocycles. The maximum atomic E-state index is 11.1. The summed E-state index contributed by atoms with van der Waals surface area (Å²) in [5.74, 6) is 0. The van der Waals surface area contributed by atoms with Gasteiger partial charge in [-0.25, -0.2) is 4.79 Å². The van der Waals surface area contributed by atoms with Crippen molar-refractivity contribution in [2.45, 2.75) is 6.10 Å². The third kappa shape index (κ3) is 2.87. The van der Waals surface area contributed by atoms with Crippen molar-refractivity contribution in [2.24, 2.45) is 0 Å².